The second kappa shape index (κ2) is 5.46. The van der Waals surface area contributed by atoms with E-state index in [9.17, 15) is 9.50 Å². The predicted molar refractivity (Wildman–Crippen MR) is 71.4 cm³/mol. The minimum atomic E-state index is -0.345. The number of hydrogen-bond donors (Lipinski definition) is 1. The highest BCUT2D eigenvalue weighted by Gasteiger charge is 2.06. The van der Waals surface area contributed by atoms with Crippen LogP contribution < -0.4 is 0 Å². The van der Waals surface area contributed by atoms with Crippen molar-refractivity contribution in [3.05, 3.63) is 51.7 Å². The van der Waals surface area contributed by atoms with Crippen LogP contribution in [0.5, 0.6) is 5.75 Å². The highest BCUT2D eigenvalue weighted by Crippen LogP contribution is 2.37. The molecule has 0 spiro atoms. The molecule has 0 atom stereocenters. The number of halogens is 3. The smallest absolute Gasteiger partial charge is 0.161 e. The molecule has 0 radical (unpaired) electrons. The van der Waals surface area contributed by atoms with Crippen molar-refractivity contribution in [3.63, 3.8) is 0 Å². The second-order valence-corrected chi connectivity index (χ2v) is 4.75. The summed E-state index contributed by atoms with van der Waals surface area (Å²) < 4.78 is 13.4. The molecule has 1 N–H and O–H groups in total. The van der Waals surface area contributed by atoms with Crippen LogP contribution in [0.15, 0.2) is 51.1 Å². The molecule has 0 heterocycles. The lowest BCUT2D eigenvalue weighted by atomic mass is 10.3. The summed E-state index contributed by atoms with van der Waals surface area (Å²) in [4.78, 5) is 0. The zero-order valence-corrected chi connectivity index (χ0v) is 11.3. The molecule has 0 bridgehead atoms. The average Bonchev–Trinajstić information content (AvgIpc) is 2.34. The van der Waals surface area contributed by atoms with Crippen LogP contribution >= 0.6 is 27.5 Å². The molecule has 2 aromatic rings. The first kappa shape index (κ1) is 13.0. The molecule has 2 aromatic carbocycles. The van der Waals surface area contributed by atoms with Gasteiger partial charge in [-0.05, 0) is 36.4 Å². The average molecular weight is 330 g/mol. The number of rotatable bonds is 2. The molecule has 0 saturated heterocycles. The van der Waals surface area contributed by atoms with Crippen molar-refractivity contribution in [3.8, 4) is 5.75 Å². The quantitative estimate of drug-likeness (QED) is 0.740. The van der Waals surface area contributed by atoms with Crippen LogP contribution in [0, 0.1) is 5.82 Å². The van der Waals surface area contributed by atoms with Crippen molar-refractivity contribution in [2.75, 3.05) is 0 Å². The normalized spacial score (nSPS) is 11.1. The third kappa shape index (κ3) is 3.05. The van der Waals surface area contributed by atoms with Crippen LogP contribution in [0.3, 0.4) is 0 Å². The standard InChI is InChI=1S/C12H7BrClFN2O/c13-7-5-10(14)12(18)11(6-7)17-16-9-3-1-8(15)2-4-9/h1-6,18H. The van der Waals surface area contributed by atoms with Gasteiger partial charge in [0.15, 0.2) is 5.75 Å². The molecule has 0 saturated carbocycles. The van der Waals surface area contributed by atoms with E-state index in [0.29, 0.717) is 10.2 Å². The van der Waals surface area contributed by atoms with Gasteiger partial charge in [-0.2, -0.15) is 5.11 Å². The summed E-state index contributed by atoms with van der Waals surface area (Å²) in [6.45, 7) is 0. The maximum Gasteiger partial charge on any atom is 0.161 e. The molecular formula is C12H7BrClFN2O. The van der Waals surface area contributed by atoms with Gasteiger partial charge in [-0.3, -0.25) is 0 Å². The van der Waals surface area contributed by atoms with Crippen LogP contribution in [0.2, 0.25) is 5.02 Å². The Morgan fingerprint density at radius 1 is 1.11 bits per heavy atom. The van der Waals surface area contributed by atoms with E-state index in [4.69, 9.17) is 11.6 Å². The lowest BCUT2D eigenvalue weighted by molar-refractivity contribution is 0.476. The number of benzene rings is 2. The van der Waals surface area contributed by atoms with E-state index in [1.807, 2.05) is 0 Å². The summed E-state index contributed by atoms with van der Waals surface area (Å²) in [5.41, 5.74) is 0.714. The van der Waals surface area contributed by atoms with Gasteiger partial charge in [-0.1, -0.05) is 27.5 Å². The Bertz CT molecular complexity index is 602. The molecule has 0 unspecified atom stereocenters. The number of aromatic hydroxyl groups is 1. The van der Waals surface area contributed by atoms with E-state index in [1.54, 1.807) is 12.1 Å². The van der Waals surface area contributed by atoms with Gasteiger partial charge in [-0.15, -0.1) is 5.11 Å². The summed E-state index contributed by atoms with van der Waals surface area (Å²) >= 11 is 9.03. The first-order valence-corrected chi connectivity index (χ1v) is 6.08. The number of phenolic OH excluding ortho intramolecular Hbond substituents is 1. The van der Waals surface area contributed by atoms with Crippen LogP contribution in [-0.4, -0.2) is 5.11 Å². The summed E-state index contributed by atoms with van der Waals surface area (Å²) in [7, 11) is 0. The second-order valence-electron chi connectivity index (χ2n) is 3.43. The van der Waals surface area contributed by atoms with Crippen molar-refractivity contribution >= 4 is 38.9 Å². The molecule has 18 heavy (non-hydrogen) atoms. The largest absolute Gasteiger partial charge is 0.504 e. The maximum atomic E-state index is 12.7. The summed E-state index contributed by atoms with van der Waals surface area (Å²) in [6.07, 6.45) is 0. The van der Waals surface area contributed by atoms with Gasteiger partial charge in [-0.25, -0.2) is 4.39 Å². The number of nitrogens with zero attached hydrogens (tertiary/aromatic N) is 2. The topological polar surface area (TPSA) is 45.0 Å². The van der Waals surface area contributed by atoms with Gasteiger partial charge in [0, 0.05) is 4.47 Å². The SMILES string of the molecule is Oc1c(Cl)cc(Br)cc1N=Nc1ccc(F)cc1. The van der Waals surface area contributed by atoms with E-state index >= 15 is 0 Å². The third-order valence-corrected chi connectivity index (χ3v) is 2.85. The van der Waals surface area contributed by atoms with Crippen LogP contribution in [0.4, 0.5) is 15.8 Å². The first-order valence-electron chi connectivity index (χ1n) is 4.91. The Hall–Kier alpha value is -1.46. The van der Waals surface area contributed by atoms with Crippen molar-refractivity contribution < 1.29 is 9.50 Å². The minimum Gasteiger partial charge on any atom is -0.504 e. The predicted octanol–water partition coefficient (Wildman–Crippen LogP) is 5.36. The number of azo groups is 1. The Kier molecular flexibility index (Phi) is 3.93. The van der Waals surface area contributed by atoms with E-state index < -0.39 is 0 Å². The molecule has 6 heteroatoms. The molecule has 3 nitrogen and oxygen atoms in total. The molecule has 0 aliphatic heterocycles. The van der Waals surface area contributed by atoms with E-state index in [2.05, 4.69) is 26.2 Å². The van der Waals surface area contributed by atoms with Gasteiger partial charge in [0.25, 0.3) is 0 Å². The van der Waals surface area contributed by atoms with Crippen molar-refractivity contribution in [2.24, 2.45) is 10.2 Å². The van der Waals surface area contributed by atoms with Gasteiger partial charge in [0.2, 0.25) is 0 Å². The fraction of sp³-hybridized carbons (Fsp3) is 0. The fourth-order valence-electron chi connectivity index (χ4n) is 1.25. The molecule has 0 fully saturated rings. The van der Waals surface area contributed by atoms with Crippen LogP contribution in [-0.2, 0) is 0 Å². The lowest BCUT2D eigenvalue weighted by Crippen LogP contribution is -1.73. The summed E-state index contributed by atoms with van der Waals surface area (Å²) in [6, 6.07) is 8.65. The summed E-state index contributed by atoms with van der Waals surface area (Å²) in [5, 5.41) is 17.6. The molecule has 92 valence electrons. The number of hydrogen-bond acceptors (Lipinski definition) is 3. The zero-order valence-electron chi connectivity index (χ0n) is 8.94. The van der Waals surface area contributed by atoms with Crippen molar-refractivity contribution in [2.45, 2.75) is 0 Å². The Morgan fingerprint density at radius 3 is 2.44 bits per heavy atom. The first-order chi connectivity index (χ1) is 8.56. The molecule has 2 rings (SSSR count). The van der Waals surface area contributed by atoms with Crippen LogP contribution in [0.1, 0.15) is 0 Å². The van der Waals surface area contributed by atoms with E-state index in [1.165, 1.54) is 24.3 Å². The lowest BCUT2D eigenvalue weighted by Gasteiger charge is -2.01. The summed E-state index contributed by atoms with van der Waals surface area (Å²) in [5.74, 6) is -0.493. The molecule has 0 aliphatic carbocycles. The Morgan fingerprint density at radius 2 is 1.78 bits per heavy atom. The highest BCUT2D eigenvalue weighted by atomic mass is 79.9. The zero-order chi connectivity index (χ0) is 13.1. The maximum absolute atomic E-state index is 12.7. The Labute approximate surface area is 116 Å². The van der Waals surface area contributed by atoms with Gasteiger partial charge < -0.3 is 5.11 Å². The van der Waals surface area contributed by atoms with Crippen molar-refractivity contribution in [1.29, 1.82) is 0 Å². The van der Waals surface area contributed by atoms with Crippen LogP contribution in [0.25, 0.3) is 0 Å². The van der Waals surface area contributed by atoms with Gasteiger partial charge in [0.05, 0.1) is 10.7 Å². The monoisotopic (exact) mass is 328 g/mol. The minimum absolute atomic E-state index is 0.147. The molecule has 0 amide bonds. The molecule has 0 aromatic heterocycles. The van der Waals surface area contributed by atoms with Crippen molar-refractivity contribution in [1.82, 2.24) is 0 Å². The third-order valence-electron chi connectivity index (χ3n) is 2.11. The molecular weight excluding hydrogens is 323 g/mol. The van der Waals surface area contributed by atoms with Gasteiger partial charge in [0.1, 0.15) is 11.5 Å². The van der Waals surface area contributed by atoms with E-state index in [0.717, 1.165) is 0 Å². The van der Waals surface area contributed by atoms with Gasteiger partial charge >= 0.3 is 0 Å². The van der Waals surface area contributed by atoms with E-state index in [-0.39, 0.29) is 22.3 Å². The molecule has 0 aliphatic rings. The highest BCUT2D eigenvalue weighted by molar-refractivity contribution is 9.10. The Balaban J connectivity index is 2.31. The number of phenols is 1. The fourth-order valence-corrected chi connectivity index (χ4v) is 2.04.